The molecule has 6 heteroatoms. The van der Waals surface area contributed by atoms with E-state index in [4.69, 9.17) is 9.97 Å². The molecule has 2 fully saturated rings. The van der Waals surface area contributed by atoms with Gasteiger partial charge in [0.05, 0.1) is 23.8 Å². The number of imidazole rings is 1. The zero-order valence-electron chi connectivity index (χ0n) is 27.3. The second-order valence-electron chi connectivity index (χ2n) is 14.1. The molecule has 3 heterocycles. The SMILES string of the molecule is CC(C)(C)c1cccc2c1c1ncc[c-]c1c1nc3ccccc3n21.O=P(c1[c-]cccc1)(C1CCCCC1)C1CCCCC1.[Ir]. The van der Waals surface area contributed by atoms with Gasteiger partial charge in [-0.25, -0.2) is 0 Å². The second-order valence-corrected chi connectivity index (χ2v) is 17.4. The molecule has 0 atom stereocenters. The molecule has 1 radical (unpaired) electrons. The second kappa shape index (κ2) is 13.7. The Morgan fingerprint density at radius 1 is 0.761 bits per heavy atom. The fourth-order valence-corrected chi connectivity index (χ4v) is 12.2. The minimum absolute atomic E-state index is 0. The minimum Gasteiger partial charge on any atom is -0.351 e. The van der Waals surface area contributed by atoms with E-state index < -0.39 is 7.14 Å². The van der Waals surface area contributed by atoms with Crippen LogP contribution in [0.4, 0.5) is 0 Å². The van der Waals surface area contributed by atoms with Gasteiger partial charge in [-0.3, -0.25) is 4.98 Å². The van der Waals surface area contributed by atoms with Gasteiger partial charge in [0.2, 0.25) is 0 Å². The minimum atomic E-state index is -2.28. The van der Waals surface area contributed by atoms with Gasteiger partial charge in [-0.1, -0.05) is 95.1 Å². The Bertz CT molecular complexity index is 1980. The molecule has 241 valence electrons. The summed E-state index contributed by atoms with van der Waals surface area (Å²) in [4.78, 5) is 9.60. The summed E-state index contributed by atoms with van der Waals surface area (Å²) in [6.45, 7) is 6.74. The number of nitrogens with zero attached hydrogens (tertiary/aromatic N) is 3. The number of hydrogen-bond donors (Lipinski definition) is 0. The topological polar surface area (TPSA) is 47.3 Å². The average molecular weight is 806 g/mol. The van der Waals surface area contributed by atoms with E-state index in [1.54, 1.807) is 0 Å². The Morgan fingerprint density at radius 3 is 2.07 bits per heavy atom. The fraction of sp³-hybridized carbons (Fsp3) is 0.400. The standard InChI is InChI=1S/C22H18N3.C18H26OP.Ir/c1-22(2,3)15-9-6-12-18-19(15)20-14(8-7-13-23-20)21-24-16-10-4-5-11-17(16)25(18)21;19-20(16-10-4-1-5-11-16,17-12-6-2-7-13-17)18-14-8-3-9-15-18;/h4-7,9-13H,1-3H3;1,4-5,10,17-18H,2-3,6-9,12-15H2;/q2*-1;. The van der Waals surface area contributed by atoms with Crippen LogP contribution in [0.3, 0.4) is 0 Å². The third-order valence-electron chi connectivity index (χ3n) is 10.2. The maximum atomic E-state index is 14.1. The van der Waals surface area contributed by atoms with Crippen molar-refractivity contribution in [3.8, 4) is 0 Å². The van der Waals surface area contributed by atoms with Crippen molar-refractivity contribution in [3.05, 3.63) is 96.7 Å². The van der Waals surface area contributed by atoms with Crippen molar-refractivity contribution in [1.29, 1.82) is 0 Å². The van der Waals surface area contributed by atoms with Crippen LogP contribution >= 0.6 is 7.14 Å². The van der Waals surface area contributed by atoms with Gasteiger partial charge in [0.15, 0.2) is 0 Å². The Hall–Kier alpha value is -2.84. The zero-order valence-corrected chi connectivity index (χ0v) is 30.6. The molecule has 3 aromatic carbocycles. The van der Waals surface area contributed by atoms with Crippen LogP contribution in [0.1, 0.15) is 90.5 Å². The molecule has 8 rings (SSSR count). The predicted molar refractivity (Wildman–Crippen MR) is 189 cm³/mol. The van der Waals surface area contributed by atoms with Gasteiger partial charge in [0.1, 0.15) is 0 Å². The van der Waals surface area contributed by atoms with Crippen LogP contribution in [0.25, 0.3) is 38.5 Å². The first-order valence-electron chi connectivity index (χ1n) is 16.9. The summed E-state index contributed by atoms with van der Waals surface area (Å²) in [5.74, 6) is 0. The molecule has 4 nitrogen and oxygen atoms in total. The smallest absolute Gasteiger partial charge is 0.0978 e. The first-order chi connectivity index (χ1) is 21.9. The van der Waals surface area contributed by atoms with Gasteiger partial charge < -0.3 is 13.9 Å². The summed E-state index contributed by atoms with van der Waals surface area (Å²) >= 11 is 0. The monoisotopic (exact) mass is 806 g/mol. The van der Waals surface area contributed by atoms with Crippen molar-refractivity contribution in [2.45, 2.75) is 102 Å². The molecule has 2 aliphatic carbocycles. The molecule has 2 saturated carbocycles. The maximum Gasteiger partial charge on any atom is 0.0978 e. The quantitative estimate of drug-likeness (QED) is 0.102. The number of fused-ring (bicyclic) bond motifs is 8. The summed E-state index contributed by atoms with van der Waals surface area (Å²) in [6, 6.07) is 31.5. The van der Waals surface area contributed by atoms with E-state index in [1.165, 1.54) is 75.2 Å². The summed E-state index contributed by atoms with van der Waals surface area (Å²) in [6.07, 6.45) is 14.3. The Morgan fingerprint density at radius 2 is 1.41 bits per heavy atom. The Labute approximate surface area is 287 Å². The van der Waals surface area contributed by atoms with Crippen molar-refractivity contribution in [2.75, 3.05) is 0 Å². The maximum absolute atomic E-state index is 14.1. The van der Waals surface area contributed by atoms with Gasteiger partial charge in [0, 0.05) is 36.9 Å². The van der Waals surface area contributed by atoms with E-state index in [0.717, 1.165) is 38.4 Å². The third kappa shape index (κ3) is 6.00. The van der Waals surface area contributed by atoms with Crippen LogP contribution in [0.15, 0.2) is 79.0 Å². The van der Waals surface area contributed by atoms with Gasteiger partial charge in [-0.15, -0.1) is 17.4 Å². The van der Waals surface area contributed by atoms with Crippen molar-refractivity contribution >= 4 is 50.9 Å². The first kappa shape index (κ1) is 33.1. The Kier molecular flexibility index (Phi) is 9.86. The third-order valence-corrected chi connectivity index (χ3v) is 14.4. The molecule has 0 bridgehead atoms. The number of hydrogen-bond acceptors (Lipinski definition) is 3. The fourth-order valence-electron chi connectivity index (χ4n) is 7.99. The molecule has 0 unspecified atom stereocenters. The number of pyridine rings is 2. The van der Waals surface area contributed by atoms with Crippen LogP contribution in [0, 0.1) is 12.1 Å². The molecule has 0 spiro atoms. The van der Waals surface area contributed by atoms with E-state index in [1.807, 2.05) is 36.5 Å². The molecule has 6 aromatic rings. The van der Waals surface area contributed by atoms with E-state index in [9.17, 15) is 4.57 Å². The van der Waals surface area contributed by atoms with Gasteiger partial charge in [0.25, 0.3) is 0 Å². The molecule has 0 aliphatic heterocycles. The van der Waals surface area contributed by atoms with Crippen LogP contribution in [0.2, 0.25) is 0 Å². The van der Waals surface area contributed by atoms with Crippen LogP contribution in [-0.4, -0.2) is 25.7 Å². The molecule has 0 amide bonds. The zero-order chi connectivity index (χ0) is 31.0. The molecule has 46 heavy (non-hydrogen) atoms. The number of benzene rings is 3. The summed E-state index contributed by atoms with van der Waals surface area (Å²) < 4.78 is 16.3. The van der Waals surface area contributed by atoms with Crippen molar-refractivity contribution in [2.24, 2.45) is 0 Å². The van der Waals surface area contributed by atoms with Crippen molar-refractivity contribution in [1.82, 2.24) is 14.4 Å². The van der Waals surface area contributed by atoms with E-state index >= 15 is 0 Å². The summed E-state index contributed by atoms with van der Waals surface area (Å²) in [5, 5.41) is 3.22. The van der Waals surface area contributed by atoms with Crippen LogP contribution < -0.4 is 5.30 Å². The van der Waals surface area contributed by atoms with Gasteiger partial charge >= 0.3 is 0 Å². The van der Waals surface area contributed by atoms with E-state index in [0.29, 0.717) is 11.3 Å². The molecule has 0 saturated heterocycles. The largest absolute Gasteiger partial charge is 0.351 e. The number of rotatable bonds is 3. The van der Waals surface area contributed by atoms with Gasteiger partial charge in [-0.2, -0.15) is 30.3 Å². The van der Waals surface area contributed by atoms with Crippen molar-refractivity contribution < 1.29 is 24.7 Å². The summed E-state index contributed by atoms with van der Waals surface area (Å²) in [7, 11) is -2.28. The average Bonchev–Trinajstić information content (AvgIpc) is 3.49. The molecule has 0 N–H and O–H groups in total. The van der Waals surface area contributed by atoms with E-state index in [-0.39, 0.29) is 25.5 Å². The van der Waals surface area contributed by atoms with Gasteiger partial charge in [-0.05, 0) is 65.8 Å². The molecule has 2 aliphatic rings. The Balaban J connectivity index is 0.000000162. The van der Waals surface area contributed by atoms with Crippen LogP contribution in [0.5, 0.6) is 0 Å². The normalized spacial score (nSPS) is 16.8. The first-order valence-corrected chi connectivity index (χ1v) is 18.8. The van der Waals surface area contributed by atoms with Crippen LogP contribution in [-0.2, 0) is 30.1 Å². The number of aromatic nitrogens is 3. The van der Waals surface area contributed by atoms with E-state index in [2.05, 4.69) is 79.8 Å². The van der Waals surface area contributed by atoms with Crippen molar-refractivity contribution in [3.63, 3.8) is 0 Å². The summed E-state index contributed by atoms with van der Waals surface area (Å²) in [5.41, 5.74) is 7.36. The molecular formula is C40H44IrN3OP-2. The molecular weight excluding hydrogens is 762 g/mol. The molecule has 3 aromatic heterocycles. The predicted octanol–water partition coefficient (Wildman–Crippen LogP) is 10.4. The number of para-hydroxylation sites is 2.